The third kappa shape index (κ3) is 5.54. The van der Waals surface area contributed by atoms with Gasteiger partial charge in [-0.25, -0.2) is 12.8 Å². The van der Waals surface area contributed by atoms with Crippen LogP contribution in [0.1, 0.15) is 60.6 Å². The number of para-hydroxylation sites is 1. The molecule has 8 heteroatoms. The number of carbonyl (C=O) groups is 1. The Labute approximate surface area is 212 Å². The maximum atomic E-state index is 13.3. The summed E-state index contributed by atoms with van der Waals surface area (Å²) in [6.45, 7) is 4.24. The highest BCUT2D eigenvalue weighted by atomic mass is 32.2. The normalized spacial score (nSPS) is 16.5. The average Bonchev–Trinajstić information content (AvgIpc) is 2.87. The molecule has 4 rings (SSSR count). The fourth-order valence-corrected chi connectivity index (χ4v) is 5.49. The van der Waals surface area contributed by atoms with Gasteiger partial charge in [-0.3, -0.25) is 9.10 Å². The molecule has 0 radical (unpaired) electrons. The molecular formula is C28H31FN2O4S. The van der Waals surface area contributed by atoms with E-state index in [0.717, 1.165) is 30.4 Å². The molecule has 36 heavy (non-hydrogen) atoms. The zero-order valence-corrected chi connectivity index (χ0v) is 21.5. The van der Waals surface area contributed by atoms with Crippen LogP contribution in [0.25, 0.3) is 0 Å². The molecule has 6 nitrogen and oxygen atoms in total. The summed E-state index contributed by atoms with van der Waals surface area (Å²) in [5, 5.41) is 3.15. The van der Waals surface area contributed by atoms with Crippen molar-refractivity contribution in [1.82, 2.24) is 5.32 Å². The van der Waals surface area contributed by atoms with Gasteiger partial charge in [0.25, 0.3) is 5.91 Å². The van der Waals surface area contributed by atoms with Crippen LogP contribution in [0.15, 0.2) is 72.8 Å². The van der Waals surface area contributed by atoms with E-state index in [1.54, 1.807) is 36.4 Å². The molecule has 190 valence electrons. The molecule has 0 spiro atoms. The van der Waals surface area contributed by atoms with Gasteiger partial charge in [-0.05, 0) is 60.9 Å². The van der Waals surface area contributed by atoms with E-state index in [1.807, 2.05) is 24.3 Å². The number of nitrogens with zero attached hydrogens (tertiary/aromatic N) is 1. The number of carbonyl (C=O) groups excluding carboxylic acids is 1. The van der Waals surface area contributed by atoms with E-state index in [9.17, 15) is 17.6 Å². The summed E-state index contributed by atoms with van der Waals surface area (Å²) in [4.78, 5) is 13.2. The van der Waals surface area contributed by atoms with E-state index >= 15 is 0 Å². The van der Waals surface area contributed by atoms with Crippen molar-refractivity contribution < 1.29 is 22.3 Å². The Balaban J connectivity index is 1.54. The van der Waals surface area contributed by atoms with Gasteiger partial charge in [0.2, 0.25) is 10.0 Å². The van der Waals surface area contributed by atoms with Crippen LogP contribution in [0.4, 0.5) is 10.1 Å². The minimum Gasteiger partial charge on any atom is -0.487 e. The SMILES string of the molecule is CCC1(CC)C[C@@H](NC(=O)c2ccc(N(Cc3ccc(F)cc3)S(C)(=O)=O)cc2)c2ccccc2O1. The first kappa shape index (κ1) is 25.7. The van der Waals surface area contributed by atoms with Crippen LogP contribution in [-0.4, -0.2) is 26.2 Å². The minimum absolute atomic E-state index is 0.0552. The fourth-order valence-electron chi connectivity index (χ4n) is 4.61. The van der Waals surface area contributed by atoms with E-state index in [4.69, 9.17) is 4.74 Å². The monoisotopic (exact) mass is 510 g/mol. The van der Waals surface area contributed by atoms with Gasteiger partial charge in [0.1, 0.15) is 17.2 Å². The van der Waals surface area contributed by atoms with Gasteiger partial charge in [0.15, 0.2) is 0 Å². The Hall–Kier alpha value is -3.39. The lowest BCUT2D eigenvalue weighted by Gasteiger charge is -2.41. The Morgan fingerprint density at radius 1 is 1.03 bits per heavy atom. The summed E-state index contributed by atoms with van der Waals surface area (Å²) < 4.78 is 45.8. The first-order chi connectivity index (χ1) is 17.1. The van der Waals surface area contributed by atoms with E-state index in [0.29, 0.717) is 23.2 Å². The number of hydrogen-bond donors (Lipinski definition) is 1. The van der Waals surface area contributed by atoms with Gasteiger partial charge in [-0.15, -0.1) is 0 Å². The second kappa shape index (κ2) is 10.3. The number of anilines is 1. The molecule has 1 N–H and O–H groups in total. The summed E-state index contributed by atoms with van der Waals surface area (Å²) in [5.41, 5.74) is 2.11. The predicted octanol–water partition coefficient (Wildman–Crippen LogP) is 5.60. The third-order valence-electron chi connectivity index (χ3n) is 6.85. The highest BCUT2D eigenvalue weighted by Gasteiger charge is 2.39. The maximum absolute atomic E-state index is 13.3. The van der Waals surface area contributed by atoms with Crippen molar-refractivity contribution >= 4 is 21.6 Å². The smallest absolute Gasteiger partial charge is 0.251 e. The van der Waals surface area contributed by atoms with Crippen LogP contribution in [-0.2, 0) is 16.6 Å². The summed E-state index contributed by atoms with van der Waals surface area (Å²) in [6.07, 6.45) is 3.44. The van der Waals surface area contributed by atoms with Crippen molar-refractivity contribution in [3.63, 3.8) is 0 Å². The van der Waals surface area contributed by atoms with Gasteiger partial charge in [-0.1, -0.05) is 44.2 Å². The van der Waals surface area contributed by atoms with E-state index in [2.05, 4.69) is 19.2 Å². The molecule has 1 amide bonds. The number of rotatable bonds is 8. The van der Waals surface area contributed by atoms with E-state index in [-0.39, 0.29) is 29.9 Å². The molecule has 0 aromatic heterocycles. The molecule has 1 atom stereocenters. The number of nitrogens with one attached hydrogen (secondary N) is 1. The molecule has 0 saturated heterocycles. The topological polar surface area (TPSA) is 75.7 Å². The number of ether oxygens (including phenoxy) is 1. The van der Waals surface area contributed by atoms with Crippen molar-refractivity contribution in [1.29, 1.82) is 0 Å². The van der Waals surface area contributed by atoms with Crippen LogP contribution < -0.4 is 14.4 Å². The number of sulfonamides is 1. The van der Waals surface area contributed by atoms with Crippen LogP contribution in [0.3, 0.4) is 0 Å². The lowest BCUT2D eigenvalue weighted by atomic mass is 9.83. The zero-order chi connectivity index (χ0) is 25.9. The summed E-state index contributed by atoms with van der Waals surface area (Å²) in [5.74, 6) is 0.161. The summed E-state index contributed by atoms with van der Waals surface area (Å²) >= 11 is 0. The lowest BCUT2D eigenvalue weighted by Crippen LogP contribution is -2.44. The van der Waals surface area contributed by atoms with Gasteiger partial charge in [0, 0.05) is 17.5 Å². The molecule has 1 heterocycles. The molecule has 3 aromatic rings. The maximum Gasteiger partial charge on any atom is 0.251 e. The quantitative estimate of drug-likeness (QED) is 0.428. The van der Waals surface area contributed by atoms with Crippen molar-refractivity contribution in [2.45, 2.75) is 51.3 Å². The molecule has 0 saturated carbocycles. The molecule has 3 aromatic carbocycles. The second-order valence-corrected chi connectivity index (χ2v) is 11.1. The Kier molecular flexibility index (Phi) is 7.36. The van der Waals surface area contributed by atoms with Crippen molar-refractivity contribution in [3.05, 3.63) is 95.3 Å². The van der Waals surface area contributed by atoms with Gasteiger partial charge >= 0.3 is 0 Å². The molecule has 0 aliphatic carbocycles. The largest absolute Gasteiger partial charge is 0.487 e. The highest BCUT2D eigenvalue weighted by Crippen LogP contribution is 2.42. The molecule has 0 bridgehead atoms. The van der Waals surface area contributed by atoms with E-state index in [1.165, 1.54) is 16.4 Å². The number of amides is 1. The minimum atomic E-state index is -3.61. The van der Waals surface area contributed by atoms with E-state index < -0.39 is 10.0 Å². The molecule has 1 aliphatic rings. The number of benzene rings is 3. The Morgan fingerprint density at radius 3 is 2.28 bits per heavy atom. The van der Waals surface area contributed by atoms with Crippen LogP contribution in [0.5, 0.6) is 5.75 Å². The first-order valence-corrected chi connectivity index (χ1v) is 13.9. The molecular weight excluding hydrogens is 479 g/mol. The lowest BCUT2D eigenvalue weighted by molar-refractivity contribution is 0.0227. The summed E-state index contributed by atoms with van der Waals surface area (Å²) in [7, 11) is -3.61. The van der Waals surface area contributed by atoms with Crippen LogP contribution in [0.2, 0.25) is 0 Å². The fraction of sp³-hybridized carbons (Fsp3) is 0.321. The summed E-state index contributed by atoms with van der Waals surface area (Å²) in [6, 6.07) is 19.7. The number of halogens is 1. The second-order valence-electron chi connectivity index (χ2n) is 9.20. The molecule has 0 fully saturated rings. The average molecular weight is 511 g/mol. The highest BCUT2D eigenvalue weighted by molar-refractivity contribution is 7.92. The van der Waals surface area contributed by atoms with Crippen molar-refractivity contribution in [2.24, 2.45) is 0 Å². The molecule has 1 aliphatic heterocycles. The van der Waals surface area contributed by atoms with Crippen molar-refractivity contribution in [3.8, 4) is 5.75 Å². The third-order valence-corrected chi connectivity index (χ3v) is 7.99. The van der Waals surface area contributed by atoms with Gasteiger partial charge < -0.3 is 10.1 Å². The van der Waals surface area contributed by atoms with Crippen LogP contribution in [0, 0.1) is 5.82 Å². The van der Waals surface area contributed by atoms with Crippen LogP contribution >= 0.6 is 0 Å². The van der Waals surface area contributed by atoms with Gasteiger partial charge in [0.05, 0.1) is 24.5 Å². The number of hydrogen-bond acceptors (Lipinski definition) is 4. The predicted molar refractivity (Wildman–Crippen MR) is 139 cm³/mol. The van der Waals surface area contributed by atoms with Crippen molar-refractivity contribution in [2.75, 3.05) is 10.6 Å². The molecule has 0 unspecified atom stereocenters. The standard InChI is InChI=1S/C28H31FN2O4S/c1-4-28(5-2)18-25(24-8-6-7-9-26(24)35-28)30-27(32)21-12-16-23(17-13-21)31(36(3,33)34)19-20-10-14-22(29)15-11-20/h6-17,25H,4-5,18-19H2,1-3H3,(H,30,32)/t25-/m1/s1. The zero-order valence-electron chi connectivity index (χ0n) is 20.7. The van der Waals surface area contributed by atoms with Gasteiger partial charge in [-0.2, -0.15) is 0 Å². The first-order valence-electron chi connectivity index (χ1n) is 12.0. The Bertz CT molecular complexity index is 1320. The Morgan fingerprint density at radius 2 is 1.67 bits per heavy atom. The number of fused-ring (bicyclic) bond motifs is 1.